The van der Waals surface area contributed by atoms with Crippen molar-refractivity contribution in [2.45, 2.75) is 39.1 Å². The van der Waals surface area contributed by atoms with Crippen LogP contribution in [0.2, 0.25) is 0 Å². The van der Waals surface area contributed by atoms with Gasteiger partial charge in [0.05, 0.1) is 11.9 Å². The first-order valence-electron chi connectivity index (χ1n) is 7.41. The molecule has 0 fully saturated rings. The van der Waals surface area contributed by atoms with Crippen LogP contribution in [-0.2, 0) is 11.2 Å². The van der Waals surface area contributed by atoms with Crippen LogP contribution in [0.1, 0.15) is 31.9 Å². The van der Waals surface area contributed by atoms with Gasteiger partial charge in [-0.2, -0.15) is 5.10 Å². The summed E-state index contributed by atoms with van der Waals surface area (Å²) in [5.74, 6) is -0.467. The average molecular weight is 341 g/mol. The van der Waals surface area contributed by atoms with Gasteiger partial charge in [0.15, 0.2) is 0 Å². The number of carbonyl (C=O) groups excluding carboxylic acids is 1. The summed E-state index contributed by atoms with van der Waals surface area (Å²) in [4.78, 5) is 11.9. The lowest BCUT2D eigenvalue weighted by molar-refractivity contribution is -0.274. The largest absolute Gasteiger partial charge is 0.573 e. The van der Waals surface area contributed by atoms with E-state index in [0.717, 1.165) is 5.56 Å². The summed E-state index contributed by atoms with van der Waals surface area (Å²) in [6.45, 7) is 3.95. The van der Waals surface area contributed by atoms with Crippen LogP contribution >= 0.6 is 0 Å². The van der Waals surface area contributed by atoms with Crippen LogP contribution in [0.4, 0.5) is 18.9 Å². The Labute approximate surface area is 137 Å². The zero-order valence-electron chi connectivity index (χ0n) is 13.3. The summed E-state index contributed by atoms with van der Waals surface area (Å²) >= 11 is 0. The van der Waals surface area contributed by atoms with Crippen molar-refractivity contribution in [3.63, 3.8) is 0 Å². The lowest BCUT2D eigenvalue weighted by Gasteiger charge is -2.09. The Hall–Kier alpha value is -2.51. The molecule has 1 amide bonds. The number of rotatable bonds is 6. The van der Waals surface area contributed by atoms with Crippen molar-refractivity contribution in [3.8, 4) is 5.75 Å². The zero-order chi connectivity index (χ0) is 17.7. The van der Waals surface area contributed by atoms with Crippen LogP contribution in [0.15, 0.2) is 36.7 Å². The van der Waals surface area contributed by atoms with Crippen LogP contribution < -0.4 is 10.1 Å². The molecule has 0 bridgehead atoms. The van der Waals surface area contributed by atoms with Crippen LogP contribution in [0.5, 0.6) is 5.75 Å². The topological polar surface area (TPSA) is 56.2 Å². The third kappa shape index (κ3) is 5.60. The van der Waals surface area contributed by atoms with Gasteiger partial charge in [-0.3, -0.25) is 9.48 Å². The molecular weight excluding hydrogens is 323 g/mol. The Bertz CT molecular complexity index is 679. The van der Waals surface area contributed by atoms with Crippen LogP contribution in [-0.4, -0.2) is 22.1 Å². The van der Waals surface area contributed by atoms with Gasteiger partial charge in [-0.25, -0.2) is 0 Å². The van der Waals surface area contributed by atoms with Crippen molar-refractivity contribution in [3.05, 3.63) is 42.2 Å². The van der Waals surface area contributed by atoms with Crippen molar-refractivity contribution >= 4 is 11.6 Å². The summed E-state index contributed by atoms with van der Waals surface area (Å²) in [5.41, 5.74) is 1.36. The Balaban J connectivity index is 1.82. The van der Waals surface area contributed by atoms with Crippen molar-refractivity contribution in [1.29, 1.82) is 0 Å². The Morgan fingerprint density at radius 2 is 1.96 bits per heavy atom. The molecule has 1 heterocycles. The number of amides is 1. The molecule has 1 aromatic heterocycles. The van der Waals surface area contributed by atoms with Crippen molar-refractivity contribution in [1.82, 2.24) is 9.78 Å². The number of nitrogens with one attached hydrogen (secondary N) is 1. The van der Waals surface area contributed by atoms with E-state index in [0.29, 0.717) is 12.1 Å². The monoisotopic (exact) mass is 341 g/mol. The standard InChI is InChI=1S/C16H18F3N3O2/c1-11(2)22-10-13(9-20-22)21-15(23)8-5-12-3-6-14(7-4-12)24-16(17,18)19/h3-4,6-7,9-11H,5,8H2,1-2H3,(H,21,23). The Kier molecular flexibility index (Phi) is 5.48. The van der Waals surface area contributed by atoms with Crippen LogP contribution in [0.3, 0.4) is 0 Å². The first-order chi connectivity index (χ1) is 11.2. The van der Waals surface area contributed by atoms with Gasteiger partial charge in [0.2, 0.25) is 5.91 Å². The van der Waals surface area contributed by atoms with E-state index in [2.05, 4.69) is 15.2 Å². The smallest absolute Gasteiger partial charge is 0.406 e. The van der Waals surface area contributed by atoms with Crippen LogP contribution in [0.25, 0.3) is 0 Å². The minimum absolute atomic E-state index is 0.186. The van der Waals surface area contributed by atoms with Gasteiger partial charge in [0, 0.05) is 18.7 Å². The molecule has 0 spiro atoms. The fraction of sp³-hybridized carbons (Fsp3) is 0.375. The second-order valence-electron chi connectivity index (χ2n) is 5.54. The van der Waals surface area contributed by atoms with Gasteiger partial charge in [0.1, 0.15) is 5.75 Å². The second-order valence-corrected chi connectivity index (χ2v) is 5.54. The fourth-order valence-electron chi connectivity index (χ4n) is 2.02. The van der Waals surface area contributed by atoms with E-state index in [-0.39, 0.29) is 24.1 Å². The number of halogens is 3. The SMILES string of the molecule is CC(C)n1cc(NC(=O)CCc2ccc(OC(F)(F)F)cc2)cn1. The summed E-state index contributed by atoms with van der Waals surface area (Å²) < 4.78 is 41.7. The Morgan fingerprint density at radius 1 is 1.29 bits per heavy atom. The van der Waals surface area contributed by atoms with Gasteiger partial charge < -0.3 is 10.1 Å². The van der Waals surface area contributed by atoms with E-state index in [1.165, 1.54) is 24.3 Å². The lowest BCUT2D eigenvalue weighted by Crippen LogP contribution is -2.17. The molecular formula is C16H18F3N3O2. The average Bonchev–Trinajstić information content (AvgIpc) is 2.93. The lowest BCUT2D eigenvalue weighted by atomic mass is 10.1. The predicted molar refractivity (Wildman–Crippen MR) is 82.7 cm³/mol. The molecule has 0 saturated heterocycles. The number of hydrogen-bond acceptors (Lipinski definition) is 3. The molecule has 1 aromatic carbocycles. The van der Waals surface area contributed by atoms with Crippen molar-refractivity contribution < 1.29 is 22.7 Å². The summed E-state index contributed by atoms with van der Waals surface area (Å²) in [6.07, 6.45) is -0.766. The van der Waals surface area contributed by atoms with Gasteiger partial charge in [0.25, 0.3) is 0 Å². The molecule has 0 unspecified atom stereocenters. The normalized spacial score (nSPS) is 11.6. The maximum Gasteiger partial charge on any atom is 0.573 e. The number of aryl methyl sites for hydroxylation is 1. The van der Waals surface area contributed by atoms with Gasteiger partial charge in [-0.1, -0.05) is 12.1 Å². The van der Waals surface area contributed by atoms with E-state index in [1.54, 1.807) is 17.1 Å². The summed E-state index contributed by atoms with van der Waals surface area (Å²) in [7, 11) is 0. The minimum atomic E-state index is -4.71. The maximum atomic E-state index is 12.1. The molecule has 0 saturated carbocycles. The van der Waals surface area contributed by atoms with Gasteiger partial charge in [-0.05, 0) is 38.0 Å². The number of anilines is 1. The number of carbonyl (C=O) groups is 1. The molecule has 2 rings (SSSR count). The number of aromatic nitrogens is 2. The molecule has 0 aliphatic carbocycles. The highest BCUT2D eigenvalue weighted by Gasteiger charge is 2.30. The minimum Gasteiger partial charge on any atom is -0.406 e. The van der Waals surface area contributed by atoms with Gasteiger partial charge >= 0.3 is 6.36 Å². The van der Waals surface area contributed by atoms with E-state index in [1.807, 2.05) is 13.8 Å². The first-order valence-corrected chi connectivity index (χ1v) is 7.41. The van der Waals surface area contributed by atoms with Crippen molar-refractivity contribution in [2.75, 3.05) is 5.32 Å². The second kappa shape index (κ2) is 7.37. The molecule has 2 aromatic rings. The molecule has 0 aliphatic heterocycles. The molecule has 5 nitrogen and oxygen atoms in total. The summed E-state index contributed by atoms with van der Waals surface area (Å²) in [6, 6.07) is 5.67. The molecule has 1 N–H and O–H groups in total. The third-order valence-corrected chi connectivity index (χ3v) is 3.21. The zero-order valence-corrected chi connectivity index (χ0v) is 13.3. The number of hydrogen-bond donors (Lipinski definition) is 1. The number of ether oxygens (including phenoxy) is 1. The van der Waals surface area contributed by atoms with Gasteiger partial charge in [-0.15, -0.1) is 13.2 Å². The molecule has 8 heteroatoms. The van der Waals surface area contributed by atoms with E-state index >= 15 is 0 Å². The number of alkyl halides is 3. The highest BCUT2D eigenvalue weighted by molar-refractivity contribution is 5.90. The number of benzene rings is 1. The quantitative estimate of drug-likeness (QED) is 0.866. The van der Waals surface area contributed by atoms with Crippen molar-refractivity contribution in [2.24, 2.45) is 0 Å². The fourth-order valence-corrected chi connectivity index (χ4v) is 2.02. The summed E-state index contributed by atoms with van der Waals surface area (Å²) in [5, 5.41) is 6.86. The highest BCUT2D eigenvalue weighted by Crippen LogP contribution is 2.23. The van der Waals surface area contributed by atoms with E-state index in [9.17, 15) is 18.0 Å². The molecule has 130 valence electrons. The van der Waals surface area contributed by atoms with E-state index in [4.69, 9.17) is 0 Å². The highest BCUT2D eigenvalue weighted by atomic mass is 19.4. The molecule has 24 heavy (non-hydrogen) atoms. The first kappa shape index (κ1) is 17.8. The molecule has 0 aliphatic rings. The van der Waals surface area contributed by atoms with Crippen LogP contribution in [0, 0.1) is 0 Å². The van der Waals surface area contributed by atoms with E-state index < -0.39 is 6.36 Å². The predicted octanol–water partition coefficient (Wildman–Crippen LogP) is 3.93. The maximum absolute atomic E-state index is 12.1. The third-order valence-electron chi connectivity index (χ3n) is 3.21. The number of nitrogens with zero attached hydrogens (tertiary/aromatic N) is 2. The Morgan fingerprint density at radius 3 is 2.50 bits per heavy atom. The molecule has 0 radical (unpaired) electrons. The molecule has 0 atom stereocenters.